The van der Waals surface area contributed by atoms with Crippen molar-refractivity contribution >= 4 is 11.8 Å². The van der Waals surface area contributed by atoms with Gasteiger partial charge in [0.1, 0.15) is 6.42 Å². The van der Waals surface area contributed by atoms with Crippen LogP contribution in [0.1, 0.15) is 26.2 Å². The van der Waals surface area contributed by atoms with Gasteiger partial charge >= 0.3 is 5.97 Å². The molecule has 0 aliphatic rings. The number of Topliss-reactive ketones (excluding diaryl/α,β-unsaturated/α-hetero) is 1. The number of ether oxygens (including phenoxy) is 1. The van der Waals surface area contributed by atoms with Gasteiger partial charge in [-0.2, -0.15) is 0 Å². The lowest BCUT2D eigenvalue weighted by Crippen LogP contribution is -2.17. The molecule has 13 heavy (non-hydrogen) atoms. The van der Waals surface area contributed by atoms with Crippen LogP contribution in [0, 0.1) is 0 Å². The molecule has 0 unspecified atom stereocenters. The molecule has 0 spiro atoms. The highest BCUT2D eigenvalue weighted by molar-refractivity contribution is 5.97. The number of hydrogen-bond donors (Lipinski definition) is 0. The quantitative estimate of drug-likeness (QED) is 0.366. The molecule has 0 atom stereocenters. The Morgan fingerprint density at radius 2 is 2.00 bits per heavy atom. The largest absolute Gasteiger partial charge is 0.465 e. The third-order valence-corrected chi connectivity index (χ3v) is 1.32. The zero-order chi connectivity index (χ0) is 10.3. The molecule has 5 heteroatoms. The Labute approximate surface area is 75.1 Å². The third kappa shape index (κ3) is 6.19. The molecule has 76 valence electrons. The molecular weight excluding hydrogens is 182 g/mol. The van der Waals surface area contributed by atoms with Crippen molar-refractivity contribution in [1.82, 2.24) is 0 Å². The van der Waals surface area contributed by atoms with Gasteiger partial charge in [0.25, 0.3) is 6.43 Å². The summed E-state index contributed by atoms with van der Waals surface area (Å²) in [7, 11) is 0. The second kappa shape index (κ2) is 6.51. The first-order chi connectivity index (χ1) is 6.07. The SMILES string of the molecule is CCCCOC(=O)CC(=O)C(F)F. The van der Waals surface area contributed by atoms with Crippen molar-refractivity contribution < 1.29 is 23.1 Å². The normalized spacial score (nSPS) is 10.2. The third-order valence-electron chi connectivity index (χ3n) is 1.32. The van der Waals surface area contributed by atoms with Crippen molar-refractivity contribution in [2.75, 3.05) is 6.61 Å². The van der Waals surface area contributed by atoms with E-state index in [1.54, 1.807) is 0 Å². The lowest BCUT2D eigenvalue weighted by molar-refractivity contribution is -0.148. The summed E-state index contributed by atoms with van der Waals surface area (Å²) in [4.78, 5) is 21.0. The Balaban J connectivity index is 3.56. The van der Waals surface area contributed by atoms with Crippen LogP contribution in [-0.2, 0) is 14.3 Å². The molecule has 0 N–H and O–H groups in total. The van der Waals surface area contributed by atoms with Gasteiger partial charge in [-0.15, -0.1) is 0 Å². The first-order valence-electron chi connectivity index (χ1n) is 4.04. The number of esters is 1. The molecule has 0 saturated carbocycles. The van der Waals surface area contributed by atoms with E-state index >= 15 is 0 Å². The number of halogens is 2. The Kier molecular flexibility index (Phi) is 6.01. The number of carbonyl (C=O) groups excluding carboxylic acids is 2. The van der Waals surface area contributed by atoms with Gasteiger partial charge in [0.15, 0.2) is 0 Å². The van der Waals surface area contributed by atoms with Crippen molar-refractivity contribution in [1.29, 1.82) is 0 Å². The van der Waals surface area contributed by atoms with E-state index in [0.29, 0.717) is 6.42 Å². The van der Waals surface area contributed by atoms with E-state index in [1.807, 2.05) is 6.92 Å². The summed E-state index contributed by atoms with van der Waals surface area (Å²) in [5.74, 6) is -2.26. The van der Waals surface area contributed by atoms with Crippen LogP contribution in [0.15, 0.2) is 0 Å². The van der Waals surface area contributed by atoms with E-state index in [2.05, 4.69) is 4.74 Å². The van der Waals surface area contributed by atoms with E-state index < -0.39 is 24.6 Å². The van der Waals surface area contributed by atoms with Gasteiger partial charge in [-0.25, -0.2) is 8.78 Å². The highest BCUT2D eigenvalue weighted by Gasteiger charge is 2.19. The van der Waals surface area contributed by atoms with Crippen molar-refractivity contribution in [2.24, 2.45) is 0 Å². The van der Waals surface area contributed by atoms with E-state index in [9.17, 15) is 18.4 Å². The minimum Gasteiger partial charge on any atom is -0.465 e. The number of carbonyl (C=O) groups is 2. The zero-order valence-electron chi connectivity index (χ0n) is 7.39. The van der Waals surface area contributed by atoms with Crippen molar-refractivity contribution in [3.05, 3.63) is 0 Å². The van der Waals surface area contributed by atoms with Gasteiger partial charge in [-0.1, -0.05) is 13.3 Å². The minimum absolute atomic E-state index is 0.186. The van der Waals surface area contributed by atoms with Crippen LogP contribution in [0.2, 0.25) is 0 Å². The molecule has 0 bridgehead atoms. The van der Waals surface area contributed by atoms with Crippen LogP contribution in [0.4, 0.5) is 8.78 Å². The highest BCUT2D eigenvalue weighted by Crippen LogP contribution is 2.00. The van der Waals surface area contributed by atoms with Crippen LogP contribution in [-0.4, -0.2) is 24.8 Å². The Hall–Kier alpha value is -1.00. The summed E-state index contributed by atoms with van der Waals surface area (Å²) in [5.41, 5.74) is 0. The molecule has 0 aromatic heterocycles. The maximum Gasteiger partial charge on any atom is 0.313 e. The molecule has 0 rings (SSSR count). The van der Waals surface area contributed by atoms with Gasteiger partial charge in [0, 0.05) is 0 Å². The van der Waals surface area contributed by atoms with Crippen LogP contribution in [0.5, 0.6) is 0 Å². The molecule has 0 aliphatic carbocycles. The summed E-state index contributed by atoms with van der Waals surface area (Å²) < 4.78 is 27.7. The molecule has 0 heterocycles. The monoisotopic (exact) mass is 194 g/mol. The van der Waals surface area contributed by atoms with Crippen molar-refractivity contribution in [3.63, 3.8) is 0 Å². The minimum atomic E-state index is -3.08. The molecule has 0 saturated heterocycles. The topological polar surface area (TPSA) is 43.4 Å². The van der Waals surface area contributed by atoms with Crippen LogP contribution in [0.3, 0.4) is 0 Å². The number of rotatable bonds is 6. The average molecular weight is 194 g/mol. The van der Waals surface area contributed by atoms with Gasteiger partial charge < -0.3 is 4.74 Å². The predicted molar refractivity (Wildman–Crippen MR) is 41.5 cm³/mol. The summed E-state index contributed by atoms with van der Waals surface area (Å²) in [6.45, 7) is 2.09. The fraction of sp³-hybridized carbons (Fsp3) is 0.750. The number of hydrogen-bond acceptors (Lipinski definition) is 3. The summed E-state index contributed by atoms with van der Waals surface area (Å²) in [6, 6.07) is 0. The molecular formula is C8H12F2O3. The van der Waals surface area contributed by atoms with Gasteiger partial charge in [-0.3, -0.25) is 9.59 Å². The first kappa shape index (κ1) is 12.0. The fourth-order valence-corrected chi connectivity index (χ4v) is 0.601. The molecule has 0 fully saturated rings. The first-order valence-corrected chi connectivity index (χ1v) is 4.04. The number of ketones is 1. The van der Waals surface area contributed by atoms with Gasteiger partial charge in [-0.05, 0) is 6.42 Å². The molecule has 3 nitrogen and oxygen atoms in total. The lowest BCUT2D eigenvalue weighted by Gasteiger charge is -2.02. The molecule has 0 aromatic carbocycles. The molecule has 0 aromatic rings. The molecule has 0 amide bonds. The second-order valence-corrected chi connectivity index (χ2v) is 2.52. The summed E-state index contributed by atoms with van der Waals surface area (Å²) >= 11 is 0. The smallest absolute Gasteiger partial charge is 0.313 e. The van der Waals surface area contributed by atoms with Crippen molar-refractivity contribution in [3.8, 4) is 0 Å². The Morgan fingerprint density at radius 1 is 1.38 bits per heavy atom. The molecule has 0 radical (unpaired) electrons. The van der Waals surface area contributed by atoms with E-state index in [1.165, 1.54) is 0 Å². The highest BCUT2D eigenvalue weighted by atomic mass is 19.3. The van der Waals surface area contributed by atoms with Gasteiger partial charge in [0.05, 0.1) is 6.61 Å². The Morgan fingerprint density at radius 3 is 2.46 bits per heavy atom. The van der Waals surface area contributed by atoms with E-state index in [4.69, 9.17) is 0 Å². The van der Waals surface area contributed by atoms with Crippen LogP contribution >= 0.6 is 0 Å². The van der Waals surface area contributed by atoms with E-state index in [-0.39, 0.29) is 6.61 Å². The van der Waals surface area contributed by atoms with Crippen LogP contribution in [0.25, 0.3) is 0 Å². The number of alkyl halides is 2. The van der Waals surface area contributed by atoms with Gasteiger partial charge in [0.2, 0.25) is 5.78 Å². The van der Waals surface area contributed by atoms with E-state index in [0.717, 1.165) is 6.42 Å². The maximum absolute atomic E-state index is 11.6. The summed E-state index contributed by atoms with van der Waals surface area (Å²) in [5, 5.41) is 0. The lowest BCUT2D eigenvalue weighted by atomic mass is 10.3. The zero-order valence-corrected chi connectivity index (χ0v) is 7.39. The Bertz CT molecular complexity index is 180. The predicted octanol–water partition coefficient (Wildman–Crippen LogP) is 1.55. The second-order valence-electron chi connectivity index (χ2n) is 2.52. The summed E-state index contributed by atoms with van der Waals surface area (Å²) in [6.07, 6.45) is -2.40. The van der Waals surface area contributed by atoms with Crippen LogP contribution < -0.4 is 0 Å². The maximum atomic E-state index is 11.6. The fourth-order valence-electron chi connectivity index (χ4n) is 0.601. The van der Waals surface area contributed by atoms with Crippen molar-refractivity contribution in [2.45, 2.75) is 32.6 Å². The standard InChI is InChI=1S/C8H12F2O3/c1-2-3-4-13-7(12)5-6(11)8(9)10/h8H,2-5H2,1H3. The average Bonchev–Trinajstić information content (AvgIpc) is 2.04. The molecule has 0 aliphatic heterocycles. The number of unbranched alkanes of at least 4 members (excludes halogenated alkanes) is 1.